The molecule has 0 fully saturated rings. The molecule has 3 rings (SSSR count). The highest BCUT2D eigenvalue weighted by atomic mass is 16.3. The Hall–Kier alpha value is -3.01. The Morgan fingerprint density at radius 2 is 1.82 bits per heavy atom. The van der Waals surface area contributed by atoms with Crippen LogP contribution in [0.4, 0.5) is 0 Å². The molecule has 4 heteroatoms. The molecule has 3 aromatic rings. The van der Waals surface area contributed by atoms with E-state index in [1.807, 2.05) is 24.3 Å². The van der Waals surface area contributed by atoms with Crippen LogP contribution < -0.4 is 0 Å². The Bertz CT molecular complexity index is 787. The lowest BCUT2D eigenvalue weighted by Gasteiger charge is -2.10. The average Bonchev–Trinajstić information content (AvgIpc) is 2.58. The van der Waals surface area contributed by atoms with Crippen molar-refractivity contribution in [3.8, 4) is 16.9 Å². The van der Waals surface area contributed by atoms with E-state index in [1.54, 1.807) is 36.9 Å². The zero-order valence-electron chi connectivity index (χ0n) is 11.8. The number of carbonyl (C=O) groups excluding carboxylic acids is 1. The Balaban J connectivity index is 2.07. The van der Waals surface area contributed by atoms with E-state index in [2.05, 4.69) is 9.97 Å². The molecule has 0 atom stereocenters. The maximum absolute atomic E-state index is 11.2. The standard InChI is InChI=1S/C18H14N2O2/c21-12-16-9-14(8-13-3-6-19-7-4-13)10-17(18(16)22)15-2-1-5-20-11-15/h1-7,9-12,22H,8H2. The second-order valence-electron chi connectivity index (χ2n) is 4.97. The molecule has 0 saturated carbocycles. The maximum atomic E-state index is 11.2. The monoisotopic (exact) mass is 290 g/mol. The van der Waals surface area contributed by atoms with E-state index in [4.69, 9.17) is 0 Å². The number of phenols is 1. The molecule has 0 spiro atoms. The van der Waals surface area contributed by atoms with Crippen LogP contribution >= 0.6 is 0 Å². The minimum Gasteiger partial charge on any atom is -0.507 e. The first kappa shape index (κ1) is 13.9. The molecule has 2 aromatic heterocycles. The Kier molecular flexibility index (Phi) is 3.92. The minimum atomic E-state index is -0.0125. The van der Waals surface area contributed by atoms with Crippen LogP contribution in [0.3, 0.4) is 0 Å². The van der Waals surface area contributed by atoms with Gasteiger partial charge in [0.15, 0.2) is 6.29 Å². The van der Waals surface area contributed by atoms with Crippen molar-refractivity contribution in [3.05, 3.63) is 77.9 Å². The summed E-state index contributed by atoms with van der Waals surface area (Å²) in [6.07, 6.45) is 8.14. The summed E-state index contributed by atoms with van der Waals surface area (Å²) < 4.78 is 0. The second-order valence-corrected chi connectivity index (χ2v) is 4.97. The second kappa shape index (κ2) is 6.18. The predicted octanol–water partition coefficient (Wildman–Crippen LogP) is 3.25. The first-order chi connectivity index (χ1) is 10.8. The molecule has 0 bridgehead atoms. The van der Waals surface area contributed by atoms with Crippen molar-refractivity contribution >= 4 is 6.29 Å². The van der Waals surface area contributed by atoms with Crippen LogP contribution in [0.5, 0.6) is 5.75 Å². The fourth-order valence-corrected chi connectivity index (χ4v) is 2.39. The van der Waals surface area contributed by atoms with Gasteiger partial charge in [-0.15, -0.1) is 0 Å². The highest BCUT2D eigenvalue weighted by molar-refractivity contribution is 5.86. The lowest BCUT2D eigenvalue weighted by Crippen LogP contribution is -1.94. The Labute approximate surface area is 128 Å². The number of phenolic OH excluding ortho intramolecular Hbond substituents is 1. The van der Waals surface area contributed by atoms with Gasteiger partial charge >= 0.3 is 0 Å². The third-order valence-corrected chi connectivity index (χ3v) is 3.46. The number of hydrogen-bond acceptors (Lipinski definition) is 4. The lowest BCUT2D eigenvalue weighted by atomic mass is 9.96. The predicted molar refractivity (Wildman–Crippen MR) is 83.8 cm³/mol. The van der Waals surface area contributed by atoms with Gasteiger partial charge < -0.3 is 5.11 Å². The summed E-state index contributed by atoms with van der Waals surface area (Å²) in [5.41, 5.74) is 3.71. The van der Waals surface area contributed by atoms with Crippen LogP contribution in [0.25, 0.3) is 11.1 Å². The molecule has 0 aliphatic carbocycles. The molecule has 0 aliphatic rings. The van der Waals surface area contributed by atoms with Crippen LogP contribution in [0.15, 0.2) is 61.2 Å². The van der Waals surface area contributed by atoms with Crippen LogP contribution in [-0.2, 0) is 6.42 Å². The van der Waals surface area contributed by atoms with Gasteiger partial charge in [-0.25, -0.2) is 0 Å². The van der Waals surface area contributed by atoms with E-state index >= 15 is 0 Å². The van der Waals surface area contributed by atoms with Crippen molar-refractivity contribution in [2.24, 2.45) is 0 Å². The molecule has 0 aliphatic heterocycles. The number of aromatic nitrogens is 2. The smallest absolute Gasteiger partial charge is 0.153 e. The van der Waals surface area contributed by atoms with E-state index in [0.717, 1.165) is 16.7 Å². The van der Waals surface area contributed by atoms with Gasteiger partial charge in [-0.3, -0.25) is 14.8 Å². The Morgan fingerprint density at radius 1 is 1.00 bits per heavy atom. The summed E-state index contributed by atoms with van der Waals surface area (Å²) in [6.45, 7) is 0. The lowest BCUT2D eigenvalue weighted by molar-refractivity contribution is 0.112. The molecule has 0 saturated heterocycles. The quantitative estimate of drug-likeness (QED) is 0.749. The van der Waals surface area contributed by atoms with Gasteiger partial charge in [0, 0.05) is 35.9 Å². The number of benzene rings is 1. The molecule has 22 heavy (non-hydrogen) atoms. The van der Waals surface area contributed by atoms with Gasteiger partial charge in [0.25, 0.3) is 0 Å². The van der Waals surface area contributed by atoms with Gasteiger partial charge in [0.2, 0.25) is 0 Å². The van der Waals surface area contributed by atoms with Crippen LogP contribution in [-0.4, -0.2) is 21.4 Å². The highest BCUT2D eigenvalue weighted by Crippen LogP contribution is 2.33. The molecule has 1 aromatic carbocycles. The summed E-state index contributed by atoms with van der Waals surface area (Å²) in [4.78, 5) is 19.3. The largest absolute Gasteiger partial charge is 0.507 e. The maximum Gasteiger partial charge on any atom is 0.153 e. The molecule has 1 N–H and O–H groups in total. The molecular formula is C18H14N2O2. The SMILES string of the molecule is O=Cc1cc(Cc2ccncc2)cc(-c2cccnc2)c1O. The molecule has 0 amide bonds. The first-order valence-electron chi connectivity index (χ1n) is 6.88. The zero-order chi connectivity index (χ0) is 15.4. The summed E-state index contributed by atoms with van der Waals surface area (Å²) >= 11 is 0. The van der Waals surface area contributed by atoms with E-state index < -0.39 is 0 Å². The molecular weight excluding hydrogens is 276 g/mol. The summed E-state index contributed by atoms with van der Waals surface area (Å²) in [5, 5.41) is 10.3. The van der Waals surface area contributed by atoms with Crippen molar-refractivity contribution in [1.82, 2.24) is 9.97 Å². The average molecular weight is 290 g/mol. The fourth-order valence-electron chi connectivity index (χ4n) is 2.39. The third kappa shape index (κ3) is 2.86. The van der Waals surface area contributed by atoms with E-state index in [1.165, 1.54) is 0 Å². The van der Waals surface area contributed by atoms with Crippen molar-refractivity contribution in [2.45, 2.75) is 6.42 Å². The van der Waals surface area contributed by atoms with E-state index in [-0.39, 0.29) is 11.3 Å². The van der Waals surface area contributed by atoms with Gasteiger partial charge in [0.1, 0.15) is 5.75 Å². The molecule has 0 radical (unpaired) electrons. The molecule has 4 nitrogen and oxygen atoms in total. The number of aromatic hydroxyl groups is 1. The molecule has 108 valence electrons. The number of aldehydes is 1. The van der Waals surface area contributed by atoms with Gasteiger partial charge in [-0.2, -0.15) is 0 Å². The van der Waals surface area contributed by atoms with Crippen molar-refractivity contribution < 1.29 is 9.90 Å². The summed E-state index contributed by atoms with van der Waals surface area (Å²) in [5.74, 6) is -0.0125. The minimum absolute atomic E-state index is 0.0125. The zero-order valence-corrected chi connectivity index (χ0v) is 11.8. The number of hydrogen-bond donors (Lipinski definition) is 1. The number of nitrogens with zero attached hydrogens (tertiary/aromatic N) is 2. The van der Waals surface area contributed by atoms with E-state index in [9.17, 15) is 9.90 Å². The fraction of sp³-hybridized carbons (Fsp3) is 0.0556. The van der Waals surface area contributed by atoms with Crippen molar-refractivity contribution in [3.63, 3.8) is 0 Å². The molecule has 2 heterocycles. The highest BCUT2D eigenvalue weighted by Gasteiger charge is 2.12. The summed E-state index contributed by atoms with van der Waals surface area (Å²) in [6, 6.07) is 11.1. The number of pyridine rings is 2. The van der Waals surface area contributed by atoms with E-state index in [0.29, 0.717) is 18.3 Å². The number of rotatable bonds is 4. The number of carbonyl (C=O) groups is 1. The normalized spacial score (nSPS) is 10.4. The van der Waals surface area contributed by atoms with Crippen LogP contribution in [0.1, 0.15) is 21.5 Å². The topological polar surface area (TPSA) is 63.1 Å². The summed E-state index contributed by atoms with van der Waals surface area (Å²) in [7, 11) is 0. The van der Waals surface area contributed by atoms with Crippen LogP contribution in [0.2, 0.25) is 0 Å². The first-order valence-corrected chi connectivity index (χ1v) is 6.88. The third-order valence-electron chi connectivity index (χ3n) is 3.46. The molecule has 0 unspecified atom stereocenters. The van der Waals surface area contributed by atoms with Crippen molar-refractivity contribution in [1.29, 1.82) is 0 Å². The van der Waals surface area contributed by atoms with Gasteiger partial charge in [-0.1, -0.05) is 6.07 Å². The van der Waals surface area contributed by atoms with Gasteiger partial charge in [-0.05, 0) is 47.9 Å². The van der Waals surface area contributed by atoms with Gasteiger partial charge in [0.05, 0.1) is 5.56 Å². The van der Waals surface area contributed by atoms with Crippen molar-refractivity contribution in [2.75, 3.05) is 0 Å². The van der Waals surface area contributed by atoms with Crippen LogP contribution in [0, 0.1) is 0 Å². The Morgan fingerprint density at radius 3 is 2.50 bits per heavy atom.